The van der Waals surface area contributed by atoms with Gasteiger partial charge in [-0.15, -0.1) is 0 Å². The fraction of sp³-hybridized carbons (Fsp3) is 0.571. The molecule has 18 heavy (non-hydrogen) atoms. The van der Waals surface area contributed by atoms with Crippen LogP contribution in [0.1, 0.15) is 43.5 Å². The van der Waals surface area contributed by atoms with E-state index < -0.39 is 0 Å². The van der Waals surface area contributed by atoms with Crippen molar-refractivity contribution in [3.05, 3.63) is 29.0 Å². The molecule has 1 heterocycles. The summed E-state index contributed by atoms with van der Waals surface area (Å²) in [6.45, 7) is 4.53. The van der Waals surface area contributed by atoms with E-state index in [1.165, 1.54) is 6.42 Å². The molecule has 1 aliphatic carbocycles. The van der Waals surface area contributed by atoms with Gasteiger partial charge < -0.3 is 5.32 Å². The van der Waals surface area contributed by atoms with Crippen molar-refractivity contribution >= 4 is 17.5 Å². The third kappa shape index (κ3) is 3.02. The molecule has 1 fully saturated rings. The Hall–Kier alpha value is -1.09. The molecule has 0 aromatic carbocycles. The number of hydrogen-bond donors (Lipinski definition) is 1. The van der Waals surface area contributed by atoms with Gasteiger partial charge in [0.05, 0.1) is 5.56 Å². The van der Waals surface area contributed by atoms with Crippen molar-refractivity contribution in [3.63, 3.8) is 0 Å². The quantitative estimate of drug-likeness (QED) is 0.835. The predicted molar refractivity (Wildman–Crippen MR) is 72.7 cm³/mol. The Kier molecular flexibility index (Phi) is 4.23. The molecular weight excluding hydrogens is 248 g/mol. The van der Waals surface area contributed by atoms with Gasteiger partial charge >= 0.3 is 0 Å². The fourth-order valence-corrected chi connectivity index (χ4v) is 2.70. The van der Waals surface area contributed by atoms with Gasteiger partial charge in [0.15, 0.2) is 0 Å². The number of nitrogens with zero attached hydrogens (tertiary/aromatic N) is 1. The Bertz CT molecular complexity index is 436. The Labute approximate surface area is 113 Å². The molecule has 0 aliphatic heterocycles. The molecule has 1 aliphatic rings. The van der Waals surface area contributed by atoms with Crippen LogP contribution in [0.25, 0.3) is 0 Å². The second kappa shape index (κ2) is 5.70. The van der Waals surface area contributed by atoms with Crippen LogP contribution in [-0.4, -0.2) is 16.9 Å². The zero-order valence-corrected chi connectivity index (χ0v) is 11.6. The maximum atomic E-state index is 12.1. The highest BCUT2D eigenvalue weighted by Gasteiger charge is 2.26. The Balaban J connectivity index is 1.98. The predicted octanol–water partition coefficient (Wildman–Crippen LogP) is 3.29. The first-order valence-electron chi connectivity index (χ1n) is 6.49. The molecule has 1 aromatic heterocycles. The van der Waals surface area contributed by atoms with E-state index in [-0.39, 0.29) is 17.1 Å². The normalized spacial score (nSPS) is 27.8. The van der Waals surface area contributed by atoms with Crippen LogP contribution < -0.4 is 5.32 Å². The van der Waals surface area contributed by atoms with Crippen LogP contribution in [-0.2, 0) is 0 Å². The van der Waals surface area contributed by atoms with Gasteiger partial charge in [-0.1, -0.05) is 25.4 Å². The summed E-state index contributed by atoms with van der Waals surface area (Å²) in [4.78, 5) is 16.0. The number of hydrogen-bond acceptors (Lipinski definition) is 2. The highest BCUT2D eigenvalue weighted by molar-refractivity contribution is 6.32. The lowest BCUT2D eigenvalue weighted by Crippen LogP contribution is -2.40. The Morgan fingerprint density at radius 3 is 2.83 bits per heavy atom. The van der Waals surface area contributed by atoms with Crippen LogP contribution >= 0.6 is 11.6 Å². The lowest BCUT2D eigenvalue weighted by atomic mass is 9.79. The summed E-state index contributed by atoms with van der Waals surface area (Å²) in [7, 11) is 0. The third-order valence-electron chi connectivity index (χ3n) is 3.94. The van der Waals surface area contributed by atoms with Gasteiger partial charge in [0.1, 0.15) is 5.15 Å². The van der Waals surface area contributed by atoms with Gasteiger partial charge in [-0.2, -0.15) is 0 Å². The van der Waals surface area contributed by atoms with Crippen LogP contribution in [0.3, 0.4) is 0 Å². The van der Waals surface area contributed by atoms with E-state index in [1.54, 1.807) is 18.3 Å². The molecule has 4 heteroatoms. The molecule has 2 rings (SSSR count). The molecule has 3 nitrogen and oxygen atoms in total. The van der Waals surface area contributed by atoms with E-state index in [0.717, 1.165) is 18.8 Å². The van der Waals surface area contributed by atoms with Crippen molar-refractivity contribution in [2.45, 2.75) is 39.2 Å². The summed E-state index contributed by atoms with van der Waals surface area (Å²) in [5.41, 5.74) is 0.463. The third-order valence-corrected chi connectivity index (χ3v) is 4.24. The summed E-state index contributed by atoms with van der Waals surface area (Å²) >= 11 is 5.92. The standard InChI is InChI=1S/C14H19ClN2O/c1-9-5-6-11(8-10(9)2)17-14(18)12-4-3-7-16-13(12)15/h3-4,7,9-11H,5-6,8H2,1-2H3,(H,17,18). The van der Waals surface area contributed by atoms with Gasteiger partial charge in [0.25, 0.3) is 5.91 Å². The van der Waals surface area contributed by atoms with E-state index in [4.69, 9.17) is 11.6 Å². The zero-order valence-electron chi connectivity index (χ0n) is 10.8. The van der Waals surface area contributed by atoms with Crippen LogP contribution in [0, 0.1) is 11.8 Å². The maximum Gasteiger partial charge on any atom is 0.254 e. The van der Waals surface area contributed by atoms with Crippen molar-refractivity contribution in [2.24, 2.45) is 11.8 Å². The second-order valence-electron chi connectivity index (χ2n) is 5.28. The van der Waals surface area contributed by atoms with Gasteiger partial charge in [-0.05, 0) is 43.2 Å². The smallest absolute Gasteiger partial charge is 0.254 e. The molecule has 1 saturated carbocycles. The molecule has 0 saturated heterocycles. The first-order valence-corrected chi connectivity index (χ1v) is 6.87. The van der Waals surface area contributed by atoms with E-state index >= 15 is 0 Å². The van der Waals surface area contributed by atoms with Crippen molar-refractivity contribution in [3.8, 4) is 0 Å². The lowest BCUT2D eigenvalue weighted by molar-refractivity contribution is 0.0910. The molecule has 98 valence electrons. The SMILES string of the molecule is CC1CCC(NC(=O)c2cccnc2Cl)CC1C. The number of nitrogens with one attached hydrogen (secondary N) is 1. The number of carbonyl (C=O) groups excluding carboxylic acids is 1. The summed E-state index contributed by atoms with van der Waals surface area (Å²) in [5.74, 6) is 1.30. The molecule has 1 aromatic rings. The first-order chi connectivity index (χ1) is 8.58. The minimum Gasteiger partial charge on any atom is -0.349 e. The van der Waals surface area contributed by atoms with Gasteiger partial charge in [0, 0.05) is 12.2 Å². The van der Waals surface area contributed by atoms with Crippen LogP contribution in [0.2, 0.25) is 5.15 Å². The molecule has 0 bridgehead atoms. The molecule has 0 radical (unpaired) electrons. The Morgan fingerprint density at radius 2 is 2.17 bits per heavy atom. The van der Waals surface area contributed by atoms with Gasteiger partial charge in [-0.3, -0.25) is 4.79 Å². The summed E-state index contributed by atoms with van der Waals surface area (Å²) in [6, 6.07) is 3.70. The molecule has 1 amide bonds. The molecule has 1 N–H and O–H groups in total. The van der Waals surface area contributed by atoms with Crippen molar-refractivity contribution in [2.75, 3.05) is 0 Å². The minimum atomic E-state index is -0.111. The minimum absolute atomic E-state index is 0.111. The second-order valence-corrected chi connectivity index (χ2v) is 5.64. The fourth-order valence-electron chi connectivity index (χ4n) is 2.50. The number of carbonyl (C=O) groups is 1. The summed E-state index contributed by atoms with van der Waals surface area (Å²) in [5, 5.41) is 3.33. The molecule has 3 unspecified atom stereocenters. The molecular formula is C14H19ClN2O. The highest BCUT2D eigenvalue weighted by atomic mass is 35.5. The van der Waals surface area contributed by atoms with E-state index in [9.17, 15) is 4.79 Å². The maximum absolute atomic E-state index is 12.1. The van der Waals surface area contributed by atoms with Gasteiger partial charge in [0.2, 0.25) is 0 Å². The van der Waals surface area contributed by atoms with Crippen molar-refractivity contribution in [1.82, 2.24) is 10.3 Å². The number of rotatable bonds is 2. The van der Waals surface area contributed by atoms with Gasteiger partial charge in [-0.25, -0.2) is 4.98 Å². The van der Waals surface area contributed by atoms with Crippen molar-refractivity contribution in [1.29, 1.82) is 0 Å². The topological polar surface area (TPSA) is 42.0 Å². The van der Waals surface area contributed by atoms with E-state index in [2.05, 4.69) is 24.1 Å². The number of aromatic nitrogens is 1. The monoisotopic (exact) mass is 266 g/mol. The average Bonchev–Trinajstić information content (AvgIpc) is 2.34. The largest absolute Gasteiger partial charge is 0.349 e. The van der Waals surface area contributed by atoms with Crippen LogP contribution in [0.15, 0.2) is 18.3 Å². The van der Waals surface area contributed by atoms with Crippen molar-refractivity contribution < 1.29 is 4.79 Å². The first kappa shape index (κ1) is 13.3. The lowest BCUT2D eigenvalue weighted by Gasteiger charge is -2.32. The molecule has 0 spiro atoms. The highest BCUT2D eigenvalue weighted by Crippen LogP contribution is 2.29. The van der Waals surface area contributed by atoms with E-state index in [1.807, 2.05) is 0 Å². The Morgan fingerprint density at radius 1 is 1.39 bits per heavy atom. The van der Waals surface area contributed by atoms with E-state index in [0.29, 0.717) is 11.5 Å². The molecule has 3 atom stereocenters. The number of amides is 1. The number of halogens is 1. The van der Waals surface area contributed by atoms with Crippen LogP contribution in [0.4, 0.5) is 0 Å². The zero-order chi connectivity index (χ0) is 13.1. The number of pyridine rings is 1. The summed E-state index contributed by atoms with van der Waals surface area (Å²) < 4.78 is 0. The summed E-state index contributed by atoms with van der Waals surface area (Å²) in [6.07, 6.45) is 4.86. The van der Waals surface area contributed by atoms with Crippen LogP contribution in [0.5, 0.6) is 0 Å². The average molecular weight is 267 g/mol.